The van der Waals surface area contributed by atoms with Crippen molar-refractivity contribution in [1.82, 2.24) is 0 Å². The number of fused-ring (bicyclic) bond motifs is 1. The van der Waals surface area contributed by atoms with Crippen molar-refractivity contribution in [2.24, 2.45) is 0 Å². The van der Waals surface area contributed by atoms with Crippen LogP contribution in [0.15, 0.2) is 42.5 Å². The number of ether oxygens (including phenoxy) is 2. The minimum atomic E-state index is -0.601. The monoisotopic (exact) mass is 336 g/mol. The van der Waals surface area contributed by atoms with E-state index in [0.717, 1.165) is 11.3 Å². The summed E-state index contributed by atoms with van der Waals surface area (Å²) in [6.07, 6.45) is 0. The number of esters is 1. The van der Waals surface area contributed by atoms with Gasteiger partial charge in [-0.05, 0) is 30.3 Å². The predicted octanol–water partition coefficient (Wildman–Crippen LogP) is 4.92. The first-order chi connectivity index (χ1) is 10.6. The van der Waals surface area contributed by atoms with Crippen molar-refractivity contribution in [2.45, 2.75) is 0 Å². The van der Waals surface area contributed by atoms with Gasteiger partial charge in [0.05, 0.1) is 12.1 Å². The summed E-state index contributed by atoms with van der Waals surface area (Å²) >= 11 is 7.29. The lowest BCUT2D eigenvalue weighted by Crippen LogP contribution is -2.07. The second-order valence-corrected chi connectivity index (χ2v) is 5.86. The highest BCUT2D eigenvalue weighted by Crippen LogP contribution is 2.37. The first-order valence-electron chi connectivity index (χ1n) is 6.33. The van der Waals surface area contributed by atoms with E-state index in [2.05, 4.69) is 0 Å². The number of thiophene rings is 1. The predicted molar refractivity (Wildman–Crippen MR) is 84.7 cm³/mol. The molecule has 2 aromatic carbocycles. The summed E-state index contributed by atoms with van der Waals surface area (Å²) in [5.74, 6) is -0.236. The molecule has 22 heavy (non-hydrogen) atoms. The molecule has 1 heterocycles. The van der Waals surface area contributed by atoms with Gasteiger partial charge in [-0.1, -0.05) is 23.7 Å². The van der Waals surface area contributed by atoms with Crippen molar-refractivity contribution in [3.63, 3.8) is 0 Å². The number of rotatable bonds is 3. The second-order valence-electron chi connectivity index (χ2n) is 4.43. The lowest BCUT2D eigenvalue weighted by molar-refractivity contribution is 0.0735. The van der Waals surface area contributed by atoms with Crippen LogP contribution in [0.1, 0.15) is 9.67 Å². The van der Waals surface area contributed by atoms with Gasteiger partial charge in [-0.2, -0.15) is 0 Å². The molecule has 0 amide bonds. The van der Waals surface area contributed by atoms with Gasteiger partial charge in [0.15, 0.2) is 11.5 Å². The molecule has 0 bridgehead atoms. The average molecular weight is 337 g/mol. The van der Waals surface area contributed by atoms with E-state index in [1.807, 2.05) is 0 Å². The van der Waals surface area contributed by atoms with Crippen molar-refractivity contribution in [2.75, 3.05) is 7.11 Å². The Labute approximate surface area is 134 Å². The molecular formula is C16H10ClFO3S. The molecule has 1 aromatic heterocycles. The molecule has 3 nitrogen and oxygen atoms in total. The van der Waals surface area contributed by atoms with Crippen LogP contribution in [0.5, 0.6) is 11.5 Å². The van der Waals surface area contributed by atoms with Crippen molar-refractivity contribution in [3.05, 3.63) is 58.2 Å². The Morgan fingerprint density at radius 2 is 1.91 bits per heavy atom. The van der Waals surface area contributed by atoms with Crippen molar-refractivity contribution in [1.29, 1.82) is 0 Å². The topological polar surface area (TPSA) is 35.5 Å². The average Bonchev–Trinajstić information content (AvgIpc) is 2.84. The third kappa shape index (κ3) is 2.65. The Bertz CT molecular complexity index is 860. The standard InChI is InChI=1S/C16H10ClFO3S/c1-20-11-4-2-3-5-12(11)21-16(19)15-14(17)10-7-6-9(18)8-13(10)22-15/h2-8H,1H3. The molecule has 0 spiro atoms. The Morgan fingerprint density at radius 3 is 2.64 bits per heavy atom. The molecule has 3 aromatic rings. The van der Waals surface area contributed by atoms with Crippen LogP contribution in [0, 0.1) is 5.82 Å². The van der Waals surface area contributed by atoms with Crippen LogP contribution in [0.2, 0.25) is 5.02 Å². The largest absolute Gasteiger partial charge is 0.493 e. The van der Waals surface area contributed by atoms with E-state index in [1.54, 1.807) is 30.3 Å². The molecule has 0 atom stereocenters. The SMILES string of the molecule is COc1ccccc1OC(=O)c1sc2cc(F)ccc2c1Cl. The first kappa shape index (κ1) is 14.8. The highest BCUT2D eigenvalue weighted by molar-refractivity contribution is 7.21. The summed E-state index contributed by atoms with van der Waals surface area (Å²) in [7, 11) is 1.49. The minimum Gasteiger partial charge on any atom is -0.493 e. The van der Waals surface area contributed by atoms with Crippen LogP contribution in [0.25, 0.3) is 10.1 Å². The fourth-order valence-corrected chi connectivity index (χ4v) is 3.43. The molecule has 0 fully saturated rings. The number of hydrogen-bond acceptors (Lipinski definition) is 4. The van der Waals surface area contributed by atoms with Crippen LogP contribution in [0.4, 0.5) is 4.39 Å². The van der Waals surface area contributed by atoms with Gasteiger partial charge < -0.3 is 9.47 Å². The van der Waals surface area contributed by atoms with Gasteiger partial charge in [0.2, 0.25) is 0 Å². The summed E-state index contributed by atoms with van der Waals surface area (Å²) in [6.45, 7) is 0. The Morgan fingerprint density at radius 1 is 1.18 bits per heavy atom. The first-order valence-corrected chi connectivity index (χ1v) is 7.52. The van der Waals surface area contributed by atoms with E-state index < -0.39 is 5.97 Å². The van der Waals surface area contributed by atoms with E-state index >= 15 is 0 Å². The lowest BCUT2D eigenvalue weighted by Gasteiger charge is -2.07. The van der Waals surface area contributed by atoms with Crippen LogP contribution in [-0.4, -0.2) is 13.1 Å². The number of hydrogen-bond donors (Lipinski definition) is 0. The van der Waals surface area contributed by atoms with Crippen molar-refractivity contribution in [3.8, 4) is 11.5 Å². The number of carbonyl (C=O) groups excluding carboxylic acids is 1. The maximum Gasteiger partial charge on any atom is 0.355 e. The van der Waals surface area contributed by atoms with E-state index in [0.29, 0.717) is 21.6 Å². The Balaban J connectivity index is 1.97. The van der Waals surface area contributed by atoms with Crippen LogP contribution < -0.4 is 9.47 Å². The van der Waals surface area contributed by atoms with Gasteiger partial charge in [0.1, 0.15) is 10.7 Å². The molecule has 0 aliphatic heterocycles. The quantitative estimate of drug-likeness (QED) is 0.503. The molecule has 0 aliphatic carbocycles. The molecule has 0 saturated heterocycles. The summed E-state index contributed by atoms with van der Waals surface area (Å²) < 4.78 is 24.3. The molecule has 0 radical (unpaired) electrons. The summed E-state index contributed by atoms with van der Waals surface area (Å²) in [6, 6.07) is 11.0. The van der Waals surface area contributed by atoms with Crippen molar-refractivity contribution >= 4 is 39.0 Å². The summed E-state index contributed by atoms with van der Waals surface area (Å²) in [5.41, 5.74) is 0. The van der Waals surface area contributed by atoms with Gasteiger partial charge in [-0.25, -0.2) is 9.18 Å². The van der Waals surface area contributed by atoms with E-state index in [4.69, 9.17) is 21.1 Å². The Kier molecular flexibility index (Phi) is 4.00. The fraction of sp³-hybridized carbons (Fsp3) is 0.0625. The molecule has 0 unspecified atom stereocenters. The van der Waals surface area contributed by atoms with Gasteiger partial charge in [0, 0.05) is 10.1 Å². The molecule has 0 saturated carbocycles. The van der Waals surface area contributed by atoms with E-state index in [9.17, 15) is 9.18 Å². The number of benzene rings is 2. The van der Waals surface area contributed by atoms with Crippen LogP contribution >= 0.6 is 22.9 Å². The van der Waals surface area contributed by atoms with Crippen LogP contribution in [-0.2, 0) is 0 Å². The van der Waals surface area contributed by atoms with E-state index in [1.165, 1.54) is 19.2 Å². The molecule has 112 valence electrons. The van der Waals surface area contributed by atoms with Crippen molar-refractivity contribution < 1.29 is 18.7 Å². The maximum absolute atomic E-state index is 13.3. The molecule has 3 rings (SSSR count). The molecule has 0 N–H and O–H groups in total. The van der Waals surface area contributed by atoms with Crippen LogP contribution in [0.3, 0.4) is 0 Å². The second kappa shape index (κ2) is 5.94. The molecule has 6 heteroatoms. The zero-order valence-electron chi connectivity index (χ0n) is 11.4. The zero-order chi connectivity index (χ0) is 15.7. The minimum absolute atomic E-state index is 0.230. The summed E-state index contributed by atoms with van der Waals surface area (Å²) in [4.78, 5) is 12.5. The zero-order valence-corrected chi connectivity index (χ0v) is 13.0. The molecule has 0 aliphatic rings. The Hall–Kier alpha value is -2.11. The smallest absolute Gasteiger partial charge is 0.355 e. The van der Waals surface area contributed by atoms with Gasteiger partial charge >= 0.3 is 5.97 Å². The fourth-order valence-electron chi connectivity index (χ4n) is 2.02. The summed E-state index contributed by atoms with van der Waals surface area (Å²) in [5, 5.41) is 0.889. The third-order valence-corrected chi connectivity index (χ3v) is 4.69. The number of methoxy groups -OCH3 is 1. The van der Waals surface area contributed by atoms with Gasteiger partial charge in [-0.3, -0.25) is 0 Å². The van der Waals surface area contributed by atoms with E-state index in [-0.39, 0.29) is 15.7 Å². The van der Waals surface area contributed by atoms with Gasteiger partial charge in [0.25, 0.3) is 0 Å². The maximum atomic E-state index is 13.3. The number of halogens is 2. The highest BCUT2D eigenvalue weighted by atomic mass is 35.5. The number of carbonyl (C=O) groups is 1. The number of para-hydroxylation sites is 2. The third-order valence-electron chi connectivity index (χ3n) is 3.05. The normalized spacial score (nSPS) is 10.7. The highest BCUT2D eigenvalue weighted by Gasteiger charge is 2.20. The lowest BCUT2D eigenvalue weighted by atomic mass is 10.2. The van der Waals surface area contributed by atoms with Gasteiger partial charge in [-0.15, -0.1) is 11.3 Å². The molecular weight excluding hydrogens is 327 g/mol.